The van der Waals surface area contributed by atoms with Gasteiger partial charge in [0.15, 0.2) is 11.5 Å². The number of hydrogen-bond acceptors (Lipinski definition) is 5. The fourth-order valence-corrected chi connectivity index (χ4v) is 3.41. The number of methoxy groups -OCH3 is 2. The highest BCUT2D eigenvalue weighted by atomic mass is 16.5. The molecule has 3 aromatic rings. The second-order valence-electron chi connectivity index (χ2n) is 6.36. The van der Waals surface area contributed by atoms with Gasteiger partial charge in [-0.1, -0.05) is 36.4 Å². The topological polar surface area (TPSA) is 96.2 Å². The SMILES string of the molecule is COc1ccc(C2C=C(c3ccccc3)Nc3[nH]c(=O)[nH]c(=O)c32)cc1OC. The highest BCUT2D eigenvalue weighted by molar-refractivity contribution is 5.81. The van der Waals surface area contributed by atoms with Crippen molar-refractivity contribution < 1.29 is 9.47 Å². The van der Waals surface area contributed by atoms with Gasteiger partial charge in [0.25, 0.3) is 5.56 Å². The summed E-state index contributed by atoms with van der Waals surface area (Å²) >= 11 is 0. The number of nitrogens with one attached hydrogen (secondary N) is 3. The minimum Gasteiger partial charge on any atom is -0.493 e. The molecule has 7 nitrogen and oxygen atoms in total. The van der Waals surface area contributed by atoms with Gasteiger partial charge in [0.05, 0.1) is 19.8 Å². The van der Waals surface area contributed by atoms with Gasteiger partial charge in [0, 0.05) is 11.6 Å². The number of ether oxygens (including phenoxy) is 2. The van der Waals surface area contributed by atoms with Crippen LogP contribution in [0.1, 0.15) is 22.6 Å². The van der Waals surface area contributed by atoms with E-state index in [-0.39, 0.29) is 5.92 Å². The lowest BCUT2D eigenvalue weighted by Crippen LogP contribution is -2.31. The van der Waals surface area contributed by atoms with Crippen molar-refractivity contribution in [3.05, 3.63) is 92.1 Å². The average Bonchev–Trinajstić information content (AvgIpc) is 2.72. The van der Waals surface area contributed by atoms with Gasteiger partial charge in [0.1, 0.15) is 5.82 Å². The number of anilines is 1. The first-order valence-electron chi connectivity index (χ1n) is 8.73. The van der Waals surface area contributed by atoms with Crippen LogP contribution < -0.4 is 26.0 Å². The summed E-state index contributed by atoms with van der Waals surface area (Å²) < 4.78 is 10.7. The standard InChI is InChI=1S/C21H19N3O4/c1-27-16-9-8-13(10-17(16)28-2)14-11-15(12-6-4-3-5-7-12)22-19-18(14)20(25)24-21(26)23-19/h3-11,14H,1-2H3,(H3,22,23,24,25,26). The van der Waals surface area contributed by atoms with Crippen molar-refractivity contribution in [3.8, 4) is 11.5 Å². The number of aromatic amines is 2. The minimum absolute atomic E-state index is 0.383. The zero-order valence-electron chi connectivity index (χ0n) is 15.4. The molecule has 0 saturated heterocycles. The number of hydrogen-bond donors (Lipinski definition) is 3. The molecule has 3 N–H and O–H groups in total. The van der Waals surface area contributed by atoms with Gasteiger partial charge in [-0.3, -0.25) is 14.8 Å². The molecule has 4 rings (SSSR count). The van der Waals surface area contributed by atoms with Crippen LogP contribution >= 0.6 is 0 Å². The quantitative estimate of drug-likeness (QED) is 0.650. The molecule has 1 unspecified atom stereocenters. The molecule has 1 aliphatic rings. The van der Waals surface area contributed by atoms with Gasteiger partial charge >= 0.3 is 5.69 Å². The van der Waals surface area contributed by atoms with Crippen LogP contribution in [0.3, 0.4) is 0 Å². The molecule has 2 aromatic carbocycles. The van der Waals surface area contributed by atoms with Crippen molar-refractivity contribution in [1.29, 1.82) is 0 Å². The van der Waals surface area contributed by atoms with Crippen LogP contribution in [0, 0.1) is 0 Å². The van der Waals surface area contributed by atoms with E-state index in [2.05, 4.69) is 15.3 Å². The molecule has 0 aliphatic carbocycles. The Morgan fingerprint density at radius 2 is 1.64 bits per heavy atom. The van der Waals surface area contributed by atoms with Crippen molar-refractivity contribution in [2.24, 2.45) is 0 Å². The Kier molecular flexibility index (Phi) is 4.49. The van der Waals surface area contributed by atoms with Crippen LogP contribution in [0.2, 0.25) is 0 Å². The largest absolute Gasteiger partial charge is 0.493 e. The Morgan fingerprint density at radius 1 is 0.893 bits per heavy atom. The zero-order valence-corrected chi connectivity index (χ0v) is 15.4. The second-order valence-corrected chi connectivity index (χ2v) is 6.36. The molecule has 0 fully saturated rings. The van der Waals surface area contributed by atoms with Crippen LogP contribution in [-0.4, -0.2) is 24.2 Å². The third-order valence-corrected chi connectivity index (χ3v) is 4.74. The molecular formula is C21H19N3O4. The molecule has 0 bridgehead atoms. The van der Waals surface area contributed by atoms with Crippen LogP contribution in [0.25, 0.3) is 5.70 Å². The van der Waals surface area contributed by atoms with Crippen molar-refractivity contribution in [2.75, 3.05) is 19.5 Å². The summed E-state index contributed by atoms with van der Waals surface area (Å²) in [6.07, 6.45) is 1.96. The lowest BCUT2D eigenvalue weighted by Gasteiger charge is -2.25. The van der Waals surface area contributed by atoms with E-state index in [0.29, 0.717) is 22.9 Å². The first-order valence-corrected chi connectivity index (χ1v) is 8.73. The van der Waals surface area contributed by atoms with E-state index in [1.54, 1.807) is 20.3 Å². The molecule has 0 radical (unpaired) electrons. The normalized spacial score (nSPS) is 15.2. The molecule has 7 heteroatoms. The maximum Gasteiger partial charge on any atom is 0.327 e. The predicted molar refractivity (Wildman–Crippen MR) is 107 cm³/mol. The van der Waals surface area contributed by atoms with Crippen LogP contribution in [-0.2, 0) is 0 Å². The molecular weight excluding hydrogens is 358 g/mol. The Hall–Kier alpha value is -3.74. The van der Waals surface area contributed by atoms with Gasteiger partial charge in [-0.15, -0.1) is 0 Å². The summed E-state index contributed by atoms with van der Waals surface area (Å²) in [6.45, 7) is 0. The maximum atomic E-state index is 12.6. The average molecular weight is 377 g/mol. The molecule has 28 heavy (non-hydrogen) atoms. The third kappa shape index (κ3) is 3.07. The highest BCUT2D eigenvalue weighted by Gasteiger charge is 2.27. The monoisotopic (exact) mass is 377 g/mol. The minimum atomic E-state index is -0.559. The molecule has 0 saturated carbocycles. The number of fused-ring (bicyclic) bond motifs is 1. The summed E-state index contributed by atoms with van der Waals surface area (Å²) in [5, 5.41) is 3.18. The van der Waals surface area contributed by atoms with Crippen LogP contribution in [0.5, 0.6) is 11.5 Å². The summed E-state index contributed by atoms with van der Waals surface area (Å²) in [5.74, 6) is 1.17. The van der Waals surface area contributed by atoms with Gasteiger partial charge in [-0.2, -0.15) is 0 Å². The third-order valence-electron chi connectivity index (χ3n) is 4.74. The number of aromatic nitrogens is 2. The smallest absolute Gasteiger partial charge is 0.327 e. The van der Waals surface area contributed by atoms with E-state index < -0.39 is 11.2 Å². The summed E-state index contributed by atoms with van der Waals surface area (Å²) in [4.78, 5) is 29.4. The van der Waals surface area contributed by atoms with E-state index in [9.17, 15) is 9.59 Å². The Bertz CT molecular complexity index is 1160. The van der Waals surface area contributed by atoms with E-state index in [1.165, 1.54) is 0 Å². The fraction of sp³-hybridized carbons (Fsp3) is 0.143. The summed E-state index contributed by atoms with van der Waals surface area (Å²) in [5.41, 5.74) is 2.03. The second kappa shape index (κ2) is 7.11. The highest BCUT2D eigenvalue weighted by Crippen LogP contribution is 2.38. The summed E-state index contributed by atoms with van der Waals surface area (Å²) in [6, 6.07) is 15.2. The maximum absolute atomic E-state index is 12.6. The number of rotatable bonds is 4. The van der Waals surface area contributed by atoms with Crippen LogP contribution in [0.4, 0.5) is 5.82 Å². The van der Waals surface area contributed by atoms with Crippen molar-refractivity contribution in [2.45, 2.75) is 5.92 Å². The fourth-order valence-electron chi connectivity index (χ4n) is 3.41. The van der Waals surface area contributed by atoms with E-state index >= 15 is 0 Å². The van der Waals surface area contributed by atoms with Crippen molar-refractivity contribution in [3.63, 3.8) is 0 Å². The van der Waals surface area contributed by atoms with E-state index in [0.717, 1.165) is 16.8 Å². The molecule has 1 aliphatic heterocycles. The Balaban J connectivity index is 1.92. The van der Waals surface area contributed by atoms with Gasteiger partial charge < -0.3 is 14.8 Å². The lowest BCUT2D eigenvalue weighted by molar-refractivity contribution is 0.354. The molecule has 0 amide bonds. The first kappa shape index (κ1) is 17.7. The Morgan fingerprint density at radius 3 is 2.36 bits per heavy atom. The van der Waals surface area contributed by atoms with Gasteiger partial charge in [-0.25, -0.2) is 4.79 Å². The van der Waals surface area contributed by atoms with E-state index in [1.807, 2.05) is 48.5 Å². The lowest BCUT2D eigenvalue weighted by atomic mass is 9.88. The number of allylic oxidation sites excluding steroid dienone is 1. The van der Waals surface area contributed by atoms with Gasteiger partial charge in [0.2, 0.25) is 0 Å². The molecule has 2 heterocycles. The first-order chi connectivity index (χ1) is 13.6. The Labute approximate surface area is 160 Å². The van der Waals surface area contributed by atoms with Crippen molar-refractivity contribution >= 4 is 11.5 Å². The number of benzene rings is 2. The number of H-pyrrole nitrogens is 2. The predicted octanol–water partition coefficient (Wildman–Crippen LogP) is 2.68. The van der Waals surface area contributed by atoms with Crippen molar-refractivity contribution in [1.82, 2.24) is 9.97 Å². The van der Waals surface area contributed by atoms with Gasteiger partial charge in [-0.05, 0) is 29.3 Å². The zero-order chi connectivity index (χ0) is 19.7. The molecule has 1 atom stereocenters. The van der Waals surface area contributed by atoms with E-state index in [4.69, 9.17) is 9.47 Å². The van der Waals surface area contributed by atoms with Crippen LogP contribution in [0.15, 0.2) is 64.2 Å². The summed E-state index contributed by atoms with van der Waals surface area (Å²) in [7, 11) is 3.13. The molecule has 142 valence electrons. The molecule has 1 aromatic heterocycles. The molecule has 0 spiro atoms.